The third-order valence-electron chi connectivity index (χ3n) is 5.26. The fraction of sp³-hybridized carbons (Fsp3) is 0.0800. The van der Waals surface area contributed by atoms with Crippen LogP contribution in [0.5, 0.6) is 5.75 Å². The monoisotopic (exact) mass is 396 g/mol. The molecule has 1 heterocycles. The first-order valence-corrected chi connectivity index (χ1v) is 10.4. The summed E-state index contributed by atoms with van der Waals surface area (Å²) in [6.07, 6.45) is 0. The van der Waals surface area contributed by atoms with E-state index >= 15 is 0 Å². The van der Waals surface area contributed by atoms with E-state index in [1.165, 1.54) is 0 Å². The number of nitrogens with zero attached hydrogens (tertiary/aromatic N) is 1. The van der Waals surface area contributed by atoms with Crippen LogP contribution in [0.1, 0.15) is 22.7 Å². The van der Waals surface area contributed by atoms with Crippen LogP contribution in [0.15, 0.2) is 84.9 Å². The van der Waals surface area contributed by atoms with E-state index < -0.39 is 0 Å². The molecule has 0 radical (unpaired) electrons. The molecule has 1 aromatic heterocycles. The highest BCUT2D eigenvalue weighted by Gasteiger charge is 2.22. The van der Waals surface area contributed by atoms with E-state index in [-0.39, 0.29) is 11.8 Å². The molecule has 0 spiro atoms. The molecule has 142 valence electrons. The van der Waals surface area contributed by atoms with E-state index in [4.69, 9.17) is 4.98 Å². The first-order valence-electron chi connectivity index (χ1n) is 9.59. The van der Waals surface area contributed by atoms with Gasteiger partial charge in [-0.15, -0.1) is 0 Å². The molecule has 1 atom stereocenters. The number of nitrogens with one attached hydrogen (secondary N) is 1. The van der Waals surface area contributed by atoms with E-state index in [9.17, 15) is 5.11 Å². The lowest BCUT2D eigenvalue weighted by molar-refractivity contribution is 0.468. The summed E-state index contributed by atoms with van der Waals surface area (Å²) in [7, 11) is 0. The highest BCUT2D eigenvalue weighted by atomic mass is 32.1. The molecule has 5 rings (SSSR count). The van der Waals surface area contributed by atoms with Gasteiger partial charge in [-0.05, 0) is 41.0 Å². The highest BCUT2D eigenvalue weighted by Crippen LogP contribution is 2.39. The van der Waals surface area contributed by atoms with E-state index in [0.29, 0.717) is 0 Å². The van der Waals surface area contributed by atoms with Gasteiger partial charge in [0.05, 0.1) is 16.3 Å². The molecule has 0 aliphatic rings. The molecule has 0 fully saturated rings. The smallest absolute Gasteiger partial charge is 0.184 e. The van der Waals surface area contributed by atoms with Gasteiger partial charge in [-0.25, -0.2) is 4.98 Å². The Kier molecular flexibility index (Phi) is 4.41. The molecule has 3 nitrogen and oxygen atoms in total. The van der Waals surface area contributed by atoms with Gasteiger partial charge in [-0.1, -0.05) is 84.1 Å². The zero-order valence-electron chi connectivity index (χ0n) is 16.0. The van der Waals surface area contributed by atoms with Crippen LogP contribution in [-0.2, 0) is 0 Å². The highest BCUT2D eigenvalue weighted by molar-refractivity contribution is 7.22. The average molecular weight is 397 g/mol. The van der Waals surface area contributed by atoms with Crippen LogP contribution >= 0.6 is 11.3 Å². The Morgan fingerprint density at radius 1 is 0.862 bits per heavy atom. The van der Waals surface area contributed by atoms with Crippen molar-refractivity contribution in [2.24, 2.45) is 0 Å². The molecule has 4 heteroatoms. The molecule has 4 aromatic carbocycles. The molecular formula is C25H20N2OS. The topological polar surface area (TPSA) is 45.1 Å². The number of phenols is 1. The van der Waals surface area contributed by atoms with Gasteiger partial charge < -0.3 is 10.4 Å². The number of rotatable bonds is 4. The summed E-state index contributed by atoms with van der Waals surface area (Å²) in [4.78, 5) is 4.84. The van der Waals surface area contributed by atoms with Crippen molar-refractivity contribution in [3.05, 3.63) is 102 Å². The van der Waals surface area contributed by atoms with Gasteiger partial charge in [-0.2, -0.15) is 0 Å². The Morgan fingerprint density at radius 3 is 2.48 bits per heavy atom. The summed E-state index contributed by atoms with van der Waals surface area (Å²) in [5.41, 5.74) is 4.13. The number of hydrogen-bond donors (Lipinski definition) is 2. The summed E-state index contributed by atoms with van der Waals surface area (Å²) in [5, 5.41) is 17.4. The van der Waals surface area contributed by atoms with Gasteiger partial charge in [0, 0.05) is 5.56 Å². The van der Waals surface area contributed by atoms with Crippen molar-refractivity contribution in [2.45, 2.75) is 13.0 Å². The normalized spacial score (nSPS) is 12.3. The van der Waals surface area contributed by atoms with Crippen LogP contribution in [0, 0.1) is 6.92 Å². The number of aryl methyl sites for hydroxylation is 1. The van der Waals surface area contributed by atoms with Crippen LogP contribution < -0.4 is 5.32 Å². The molecule has 0 amide bonds. The largest absolute Gasteiger partial charge is 0.508 e. The first-order chi connectivity index (χ1) is 14.2. The minimum absolute atomic E-state index is 0.219. The molecule has 0 aliphatic carbocycles. The Morgan fingerprint density at radius 2 is 1.66 bits per heavy atom. The van der Waals surface area contributed by atoms with Crippen molar-refractivity contribution < 1.29 is 5.11 Å². The van der Waals surface area contributed by atoms with Crippen molar-refractivity contribution in [1.29, 1.82) is 0 Å². The van der Waals surface area contributed by atoms with E-state index in [2.05, 4.69) is 54.7 Å². The second kappa shape index (κ2) is 7.22. The summed E-state index contributed by atoms with van der Waals surface area (Å²) in [6.45, 7) is 2.08. The van der Waals surface area contributed by atoms with Crippen molar-refractivity contribution >= 4 is 37.5 Å². The van der Waals surface area contributed by atoms with Crippen LogP contribution in [0.25, 0.3) is 21.0 Å². The minimum Gasteiger partial charge on any atom is -0.508 e. The van der Waals surface area contributed by atoms with Crippen LogP contribution in [0.4, 0.5) is 5.13 Å². The number of fused-ring (bicyclic) bond motifs is 2. The molecular weight excluding hydrogens is 376 g/mol. The van der Waals surface area contributed by atoms with Gasteiger partial charge in [-0.3, -0.25) is 0 Å². The molecule has 29 heavy (non-hydrogen) atoms. The number of aromatic nitrogens is 1. The molecule has 0 saturated heterocycles. The molecule has 5 aromatic rings. The summed E-state index contributed by atoms with van der Waals surface area (Å²) in [6, 6.07) is 28.1. The molecule has 0 saturated carbocycles. The standard InChI is InChI=1S/C25H20N2OS/c1-16-8-7-13-21-23(16)26-25(29-21)27-24(18-10-3-2-4-11-18)22-19-12-6-5-9-17(19)14-15-20(22)28/h2-15,24,28H,1H3,(H,26,27). The second-order valence-corrected chi connectivity index (χ2v) is 8.18. The molecule has 1 unspecified atom stereocenters. The van der Waals surface area contributed by atoms with Crippen molar-refractivity contribution in [1.82, 2.24) is 4.98 Å². The number of hydrogen-bond acceptors (Lipinski definition) is 4. The van der Waals surface area contributed by atoms with Gasteiger partial charge in [0.2, 0.25) is 0 Å². The maximum Gasteiger partial charge on any atom is 0.184 e. The van der Waals surface area contributed by atoms with Gasteiger partial charge in [0.15, 0.2) is 5.13 Å². The Labute approximate surface area is 173 Å². The lowest BCUT2D eigenvalue weighted by Gasteiger charge is -2.22. The number of aromatic hydroxyl groups is 1. The second-order valence-electron chi connectivity index (χ2n) is 7.15. The van der Waals surface area contributed by atoms with Crippen molar-refractivity contribution in [3.63, 3.8) is 0 Å². The minimum atomic E-state index is -0.219. The third kappa shape index (κ3) is 3.22. The fourth-order valence-corrected chi connectivity index (χ4v) is 4.80. The summed E-state index contributed by atoms with van der Waals surface area (Å²) in [5.74, 6) is 0.280. The molecule has 0 aliphatic heterocycles. The average Bonchev–Trinajstić information content (AvgIpc) is 3.17. The zero-order valence-corrected chi connectivity index (χ0v) is 16.8. The third-order valence-corrected chi connectivity index (χ3v) is 6.21. The van der Waals surface area contributed by atoms with Crippen LogP contribution in [0.2, 0.25) is 0 Å². The lowest BCUT2D eigenvalue weighted by atomic mass is 9.93. The SMILES string of the molecule is Cc1cccc2sc(NC(c3ccccc3)c3c(O)ccc4ccccc34)nc12. The quantitative estimate of drug-likeness (QED) is 0.357. The predicted molar refractivity (Wildman–Crippen MR) is 122 cm³/mol. The Balaban J connectivity index is 1.69. The first kappa shape index (κ1) is 17.7. The van der Waals surface area contributed by atoms with Crippen molar-refractivity contribution in [3.8, 4) is 5.75 Å². The van der Waals surface area contributed by atoms with Gasteiger partial charge in [0.25, 0.3) is 0 Å². The van der Waals surface area contributed by atoms with Gasteiger partial charge in [0.1, 0.15) is 5.75 Å². The summed E-state index contributed by atoms with van der Waals surface area (Å²) < 4.78 is 1.15. The predicted octanol–water partition coefficient (Wildman–Crippen LogP) is 6.67. The van der Waals surface area contributed by atoms with E-state index in [1.807, 2.05) is 36.4 Å². The Bertz CT molecular complexity index is 1310. The zero-order chi connectivity index (χ0) is 19.8. The van der Waals surface area contributed by atoms with Gasteiger partial charge >= 0.3 is 0 Å². The number of thiazole rings is 1. The maximum absolute atomic E-state index is 10.8. The van der Waals surface area contributed by atoms with E-state index in [0.717, 1.165) is 42.8 Å². The van der Waals surface area contributed by atoms with Crippen LogP contribution in [-0.4, -0.2) is 10.1 Å². The van der Waals surface area contributed by atoms with E-state index in [1.54, 1.807) is 17.4 Å². The van der Waals surface area contributed by atoms with Crippen molar-refractivity contribution in [2.75, 3.05) is 5.32 Å². The number of para-hydroxylation sites is 1. The number of anilines is 1. The Hall–Kier alpha value is -3.37. The molecule has 2 N–H and O–H groups in total. The number of benzene rings is 4. The summed E-state index contributed by atoms with van der Waals surface area (Å²) >= 11 is 1.64. The number of phenolic OH excluding ortho intramolecular Hbond substituents is 1. The fourth-order valence-electron chi connectivity index (χ4n) is 3.83. The van der Waals surface area contributed by atoms with Crippen LogP contribution in [0.3, 0.4) is 0 Å². The molecule has 0 bridgehead atoms. The lowest BCUT2D eigenvalue weighted by Crippen LogP contribution is -2.13. The maximum atomic E-state index is 10.8.